The number of ether oxygens (including phenoxy) is 1. The van der Waals surface area contributed by atoms with E-state index >= 15 is 0 Å². The number of hydrogen-bond acceptors (Lipinski definition) is 7. The molecule has 2 aliphatic rings. The number of amides is 1. The molecule has 2 saturated heterocycles. The molecule has 2 aliphatic heterocycles. The van der Waals surface area contributed by atoms with Crippen molar-refractivity contribution < 1.29 is 14.3 Å². The highest BCUT2D eigenvalue weighted by Gasteiger charge is 2.40. The number of rotatable bonds is 6. The lowest BCUT2D eigenvalue weighted by atomic mass is 9.73. The molecule has 2 fully saturated rings. The zero-order valence-electron chi connectivity index (χ0n) is 21.1. The maximum absolute atomic E-state index is 13.5. The summed E-state index contributed by atoms with van der Waals surface area (Å²) < 4.78 is 5.35. The second-order valence-electron chi connectivity index (χ2n) is 11.1. The highest BCUT2D eigenvalue weighted by molar-refractivity contribution is 7.22. The topological polar surface area (TPSA) is 88.8 Å². The van der Waals surface area contributed by atoms with Crippen molar-refractivity contribution in [3.05, 3.63) is 22.9 Å². The van der Waals surface area contributed by atoms with Gasteiger partial charge in [-0.3, -0.25) is 14.5 Å². The number of nitrogens with zero attached hydrogens (tertiary/aromatic N) is 3. The van der Waals surface area contributed by atoms with E-state index in [2.05, 4.69) is 22.9 Å². The SMILES string of the molecule is Cc1cc2c(C(=O)N3CCC(N4CCC[C@](C)(CC(C)(C)OC=O)C4)CC3)c(N)sc2nc1C. The van der Waals surface area contributed by atoms with E-state index in [1.807, 2.05) is 32.6 Å². The molecule has 0 aromatic carbocycles. The quantitative estimate of drug-likeness (QED) is 0.603. The van der Waals surface area contributed by atoms with Gasteiger partial charge in [-0.15, -0.1) is 0 Å². The number of anilines is 1. The van der Waals surface area contributed by atoms with Gasteiger partial charge in [0.15, 0.2) is 0 Å². The summed E-state index contributed by atoms with van der Waals surface area (Å²) in [5.41, 5.74) is 8.63. The van der Waals surface area contributed by atoms with E-state index < -0.39 is 5.60 Å². The van der Waals surface area contributed by atoms with Crippen LogP contribution in [-0.2, 0) is 9.53 Å². The van der Waals surface area contributed by atoms with Crippen molar-refractivity contribution >= 4 is 38.9 Å². The number of hydrogen-bond donors (Lipinski definition) is 1. The largest absolute Gasteiger partial charge is 0.462 e. The second-order valence-corrected chi connectivity index (χ2v) is 12.2. The van der Waals surface area contributed by atoms with E-state index in [1.165, 1.54) is 11.3 Å². The van der Waals surface area contributed by atoms with Gasteiger partial charge in [0.1, 0.15) is 15.4 Å². The molecular formula is C26H38N4O3S. The average molecular weight is 487 g/mol. The van der Waals surface area contributed by atoms with Crippen molar-refractivity contribution in [3.63, 3.8) is 0 Å². The first-order valence-electron chi connectivity index (χ1n) is 12.3. The van der Waals surface area contributed by atoms with Crippen LogP contribution in [-0.4, -0.2) is 65.0 Å². The van der Waals surface area contributed by atoms with E-state index in [0.717, 1.165) is 79.8 Å². The summed E-state index contributed by atoms with van der Waals surface area (Å²) in [6, 6.07) is 2.52. The fraction of sp³-hybridized carbons (Fsp3) is 0.654. The second kappa shape index (κ2) is 9.46. The van der Waals surface area contributed by atoms with E-state index in [0.29, 0.717) is 23.1 Å². The van der Waals surface area contributed by atoms with Crippen molar-refractivity contribution in [2.75, 3.05) is 31.9 Å². The van der Waals surface area contributed by atoms with Gasteiger partial charge in [0.2, 0.25) is 0 Å². The van der Waals surface area contributed by atoms with Gasteiger partial charge in [0.25, 0.3) is 12.4 Å². The molecule has 0 unspecified atom stereocenters. The van der Waals surface area contributed by atoms with Crippen LogP contribution in [0, 0.1) is 19.3 Å². The van der Waals surface area contributed by atoms with E-state index in [1.54, 1.807) is 0 Å². The lowest BCUT2D eigenvalue weighted by Crippen LogP contribution is -2.53. The predicted octanol–water partition coefficient (Wildman–Crippen LogP) is 4.54. The van der Waals surface area contributed by atoms with Crippen LogP contribution in [0.4, 0.5) is 5.00 Å². The first kappa shape index (κ1) is 24.9. The van der Waals surface area contributed by atoms with Crippen molar-refractivity contribution in [2.45, 2.75) is 78.4 Å². The number of piperidine rings is 2. The first-order valence-corrected chi connectivity index (χ1v) is 13.1. The molecule has 1 atom stereocenters. The van der Waals surface area contributed by atoms with Gasteiger partial charge in [-0.2, -0.15) is 0 Å². The minimum Gasteiger partial charge on any atom is -0.462 e. The number of fused-ring (bicyclic) bond motifs is 1. The van der Waals surface area contributed by atoms with Crippen molar-refractivity contribution in [1.29, 1.82) is 0 Å². The van der Waals surface area contributed by atoms with Crippen LogP contribution < -0.4 is 5.73 Å². The fourth-order valence-corrected chi connectivity index (χ4v) is 7.02. The number of carbonyl (C=O) groups excluding carboxylic acids is 2. The van der Waals surface area contributed by atoms with Gasteiger partial charge in [-0.1, -0.05) is 18.3 Å². The Balaban J connectivity index is 1.41. The van der Waals surface area contributed by atoms with Crippen LogP contribution in [0.2, 0.25) is 0 Å². The molecular weight excluding hydrogens is 448 g/mol. The number of thiophene rings is 1. The van der Waals surface area contributed by atoms with Gasteiger partial charge in [0.05, 0.1) is 5.56 Å². The molecule has 186 valence electrons. The van der Waals surface area contributed by atoms with Crippen LogP contribution in [0.1, 0.15) is 74.5 Å². The summed E-state index contributed by atoms with van der Waals surface area (Å²) in [5.74, 6) is 0.0310. The Morgan fingerprint density at radius 3 is 2.71 bits per heavy atom. The molecule has 4 rings (SSSR count). The summed E-state index contributed by atoms with van der Waals surface area (Å²) in [6.07, 6.45) is 5.08. The van der Waals surface area contributed by atoms with Gasteiger partial charge < -0.3 is 15.4 Å². The standard InChI is InChI=1S/C26H38N4O3S/c1-17-13-20-21(22(27)34-23(20)28-18(17)2)24(32)29-11-7-19(8-12-29)30-10-6-9-26(5,15-30)14-25(3,4)33-16-31/h13,16,19H,6-12,14-15,27H2,1-5H3/t26-/m1/s1. The highest BCUT2D eigenvalue weighted by Crippen LogP contribution is 2.40. The van der Waals surface area contributed by atoms with Gasteiger partial charge in [0, 0.05) is 36.8 Å². The zero-order chi connectivity index (χ0) is 24.7. The predicted molar refractivity (Wildman–Crippen MR) is 137 cm³/mol. The van der Waals surface area contributed by atoms with Gasteiger partial charge in [-0.05, 0) is 83.4 Å². The van der Waals surface area contributed by atoms with Crippen LogP contribution in [0.25, 0.3) is 10.2 Å². The lowest BCUT2D eigenvalue weighted by Gasteiger charge is -2.48. The minimum absolute atomic E-state index is 0.0310. The molecule has 2 aromatic heterocycles. The Kier molecular flexibility index (Phi) is 6.93. The monoisotopic (exact) mass is 486 g/mol. The molecule has 2 aromatic rings. The molecule has 8 heteroatoms. The molecule has 0 spiro atoms. The molecule has 0 saturated carbocycles. The van der Waals surface area contributed by atoms with Crippen LogP contribution in [0.15, 0.2) is 6.07 Å². The van der Waals surface area contributed by atoms with Crippen molar-refractivity contribution in [3.8, 4) is 0 Å². The smallest absolute Gasteiger partial charge is 0.293 e. The molecule has 0 aliphatic carbocycles. The maximum atomic E-state index is 13.5. The van der Waals surface area contributed by atoms with E-state index in [4.69, 9.17) is 10.5 Å². The summed E-state index contributed by atoms with van der Waals surface area (Å²) >= 11 is 1.40. The molecule has 4 heterocycles. The summed E-state index contributed by atoms with van der Waals surface area (Å²) in [4.78, 5) is 34.4. The molecule has 2 N–H and O–H groups in total. The van der Waals surface area contributed by atoms with Gasteiger partial charge >= 0.3 is 0 Å². The van der Waals surface area contributed by atoms with Crippen LogP contribution >= 0.6 is 11.3 Å². The number of carbonyl (C=O) groups is 2. The number of likely N-dealkylation sites (tertiary alicyclic amines) is 2. The third-order valence-corrected chi connectivity index (χ3v) is 8.59. The molecule has 34 heavy (non-hydrogen) atoms. The van der Waals surface area contributed by atoms with Crippen LogP contribution in [0.5, 0.6) is 0 Å². The zero-order valence-corrected chi connectivity index (χ0v) is 22.0. The normalized spacial score (nSPS) is 22.8. The Hall–Kier alpha value is -2.19. The Bertz CT molecular complexity index is 1070. The molecule has 1 amide bonds. The summed E-state index contributed by atoms with van der Waals surface area (Å²) in [7, 11) is 0. The Morgan fingerprint density at radius 1 is 1.32 bits per heavy atom. The average Bonchev–Trinajstić information content (AvgIpc) is 3.07. The number of pyridine rings is 1. The number of nitrogen functional groups attached to an aromatic ring is 1. The Morgan fingerprint density at radius 2 is 2.03 bits per heavy atom. The third-order valence-electron chi connectivity index (χ3n) is 7.67. The van der Waals surface area contributed by atoms with E-state index in [9.17, 15) is 9.59 Å². The number of aromatic nitrogens is 1. The third kappa shape index (κ3) is 5.08. The molecule has 0 bridgehead atoms. The van der Waals surface area contributed by atoms with Gasteiger partial charge in [-0.25, -0.2) is 4.98 Å². The minimum atomic E-state index is -0.454. The van der Waals surface area contributed by atoms with E-state index in [-0.39, 0.29) is 11.3 Å². The fourth-order valence-electron chi connectivity index (χ4n) is 6.05. The summed E-state index contributed by atoms with van der Waals surface area (Å²) in [6.45, 7) is 14.5. The summed E-state index contributed by atoms with van der Waals surface area (Å²) in [5, 5.41) is 1.44. The van der Waals surface area contributed by atoms with Crippen molar-refractivity contribution in [1.82, 2.24) is 14.8 Å². The lowest BCUT2D eigenvalue weighted by molar-refractivity contribution is -0.144. The molecule has 7 nitrogen and oxygen atoms in total. The maximum Gasteiger partial charge on any atom is 0.293 e. The Labute approximate surface area is 206 Å². The first-order chi connectivity index (χ1) is 16.0. The highest BCUT2D eigenvalue weighted by atomic mass is 32.1. The molecule has 0 radical (unpaired) electrons. The number of nitrogens with two attached hydrogens (primary N) is 1. The number of aryl methyl sites for hydroxylation is 2. The van der Waals surface area contributed by atoms with Crippen molar-refractivity contribution in [2.24, 2.45) is 5.41 Å². The van der Waals surface area contributed by atoms with Crippen LogP contribution in [0.3, 0.4) is 0 Å².